The molecule has 0 saturated heterocycles. The number of carbonyl (C=O) groups excluding carboxylic acids is 1. The van der Waals surface area contributed by atoms with Crippen molar-refractivity contribution in [2.75, 3.05) is 0 Å². The molecule has 0 aliphatic rings. The molecule has 134 valence electrons. The quantitative estimate of drug-likeness (QED) is 0.633. The van der Waals surface area contributed by atoms with Crippen molar-refractivity contribution in [3.63, 3.8) is 0 Å². The number of aliphatic carboxylic acids is 1. The average Bonchev–Trinajstić information content (AvgIpc) is 2.37. The monoisotopic (exact) mass is 337 g/mol. The number of hydrogen-bond acceptors (Lipinski definition) is 5. The Labute approximate surface area is 142 Å². The minimum atomic E-state index is -2.14. The van der Waals surface area contributed by atoms with E-state index in [0.717, 1.165) is 0 Å². The van der Waals surface area contributed by atoms with Crippen LogP contribution in [0.25, 0.3) is 0 Å². The largest absolute Gasteiger partial charge is 0.488 e. The first-order chi connectivity index (χ1) is 10.7. The van der Waals surface area contributed by atoms with E-state index in [1.54, 1.807) is 45.0 Å². The molecule has 0 fully saturated rings. The first-order valence-corrected chi connectivity index (χ1v) is 7.77. The van der Waals surface area contributed by atoms with Crippen molar-refractivity contribution in [1.82, 2.24) is 0 Å². The molecule has 0 saturated carbocycles. The summed E-state index contributed by atoms with van der Waals surface area (Å²) < 4.78 is 10.9. The molecule has 1 aromatic rings. The van der Waals surface area contributed by atoms with Gasteiger partial charge in [0.2, 0.25) is 5.54 Å². The van der Waals surface area contributed by atoms with Crippen LogP contribution in [0.15, 0.2) is 24.3 Å². The van der Waals surface area contributed by atoms with Crippen molar-refractivity contribution in [3.05, 3.63) is 29.8 Å². The van der Waals surface area contributed by atoms with E-state index in [-0.39, 0.29) is 12.0 Å². The minimum Gasteiger partial charge on any atom is -0.488 e. The number of esters is 1. The van der Waals surface area contributed by atoms with Crippen LogP contribution in [-0.4, -0.2) is 33.8 Å². The van der Waals surface area contributed by atoms with Crippen molar-refractivity contribution in [3.8, 4) is 5.75 Å². The Morgan fingerprint density at radius 1 is 1.00 bits per heavy atom. The number of hydrogen-bond donors (Lipinski definition) is 2. The smallest absolute Gasteiger partial charge is 0.338 e. The van der Waals surface area contributed by atoms with E-state index in [0.29, 0.717) is 11.3 Å². The van der Waals surface area contributed by atoms with E-state index in [9.17, 15) is 14.7 Å². The maximum Gasteiger partial charge on any atom is 0.338 e. The second-order valence-electron chi connectivity index (χ2n) is 7.81. The summed E-state index contributed by atoms with van der Waals surface area (Å²) in [5.41, 5.74) is 3.17. The summed E-state index contributed by atoms with van der Waals surface area (Å²) in [6.07, 6.45) is -0.174. The molecule has 1 aromatic carbocycles. The van der Waals surface area contributed by atoms with Gasteiger partial charge in [0.15, 0.2) is 0 Å². The summed E-state index contributed by atoms with van der Waals surface area (Å²) in [6, 6.07) is 6.82. The molecule has 0 spiro atoms. The number of rotatable bonds is 5. The Morgan fingerprint density at radius 3 is 1.88 bits per heavy atom. The van der Waals surface area contributed by atoms with Crippen molar-refractivity contribution >= 4 is 11.9 Å². The lowest BCUT2D eigenvalue weighted by Gasteiger charge is -2.28. The highest BCUT2D eigenvalue weighted by Crippen LogP contribution is 2.22. The number of carboxylic acid groups (broad SMARTS) is 1. The van der Waals surface area contributed by atoms with Gasteiger partial charge in [-0.1, -0.05) is 12.1 Å². The maximum atomic E-state index is 12.2. The highest BCUT2D eigenvalue weighted by molar-refractivity contribution is 6.04. The summed E-state index contributed by atoms with van der Waals surface area (Å²) in [5, 5.41) is 9.42. The van der Waals surface area contributed by atoms with E-state index in [2.05, 4.69) is 0 Å². The van der Waals surface area contributed by atoms with Crippen molar-refractivity contribution in [1.29, 1.82) is 0 Å². The lowest BCUT2D eigenvalue weighted by atomic mass is 9.91. The molecule has 6 heteroatoms. The molecule has 6 nitrogen and oxygen atoms in total. The molecule has 1 rings (SSSR count). The van der Waals surface area contributed by atoms with Gasteiger partial charge in [-0.3, -0.25) is 0 Å². The Morgan fingerprint density at radius 2 is 1.50 bits per heavy atom. The molecule has 0 heterocycles. The molecule has 1 unspecified atom stereocenters. The summed E-state index contributed by atoms with van der Waals surface area (Å²) in [5.74, 6) is -1.73. The summed E-state index contributed by atoms with van der Waals surface area (Å²) in [6.45, 7) is 10.8. The number of ether oxygens (including phenoxy) is 2. The van der Waals surface area contributed by atoms with Gasteiger partial charge < -0.3 is 20.3 Å². The van der Waals surface area contributed by atoms with Crippen LogP contribution in [0.4, 0.5) is 0 Å². The van der Waals surface area contributed by atoms with Crippen LogP contribution in [0.1, 0.15) is 47.1 Å². The second kappa shape index (κ2) is 6.81. The Hall–Kier alpha value is -2.08. The van der Waals surface area contributed by atoms with Gasteiger partial charge in [0.25, 0.3) is 0 Å². The second-order valence-corrected chi connectivity index (χ2v) is 7.81. The minimum absolute atomic E-state index is 0.174. The van der Waals surface area contributed by atoms with Crippen LogP contribution in [0, 0.1) is 0 Å². The standard InChI is InChI=1S/C18H27NO5/c1-16(2,3)23-13-9-7-12(8-10-13)11-18(19,14(20)21)15(22)24-17(4,5)6/h7-10H,11,19H2,1-6H3,(H,20,21). The number of benzene rings is 1. The number of nitrogens with two attached hydrogens (primary N) is 1. The molecule has 0 aromatic heterocycles. The van der Waals surface area contributed by atoms with E-state index >= 15 is 0 Å². The normalized spacial score (nSPS) is 14.6. The van der Waals surface area contributed by atoms with Crippen LogP contribution < -0.4 is 10.5 Å². The van der Waals surface area contributed by atoms with Gasteiger partial charge in [-0.25, -0.2) is 9.59 Å². The molecular weight excluding hydrogens is 310 g/mol. The summed E-state index contributed by atoms with van der Waals surface area (Å²) in [7, 11) is 0. The van der Waals surface area contributed by atoms with E-state index in [1.807, 2.05) is 20.8 Å². The van der Waals surface area contributed by atoms with E-state index in [1.165, 1.54) is 0 Å². The lowest BCUT2D eigenvalue weighted by Crippen LogP contribution is -2.58. The molecule has 0 amide bonds. The molecule has 0 radical (unpaired) electrons. The SMILES string of the molecule is CC(C)(C)OC(=O)C(N)(Cc1ccc(OC(C)(C)C)cc1)C(=O)O. The van der Waals surface area contributed by atoms with Gasteiger partial charge in [0, 0.05) is 6.42 Å². The number of carbonyl (C=O) groups is 2. The van der Waals surface area contributed by atoms with Gasteiger partial charge in [-0.2, -0.15) is 0 Å². The van der Waals surface area contributed by atoms with Gasteiger partial charge in [-0.05, 0) is 59.2 Å². The predicted octanol–water partition coefficient (Wildman–Crippen LogP) is 2.53. The summed E-state index contributed by atoms with van der Waals surface area (Å²) in [4.78, 5) is 23.8. The zero-order valence-corrected chi connectivity index (χ0v) is 15.2. The van der Waals surface area contributed by atoms with Crippen molar-refractivity contribution < 1.29 is 24.2 Å². The van der Waals surface area contributed by atoms with Crippen LogP contribution >= 0.6 is 0 Å². The Balaban J connectivity index is 2.97. The topological polar surface area (TPSA) is 98.9 Å². The molecule has 0 aliphatic carbocycles. The molecule has 0 aliphatic heterocycles. The van der Waals surface area contributed by atoms with Crippen LogP contribution in [0.3, 0.4) is 0 Å². The Kier molecular flexibility index (Phi) is 5.66. The predicted molar refractivity (Wildman–Crippen MR) is 90.9 cm³/mol. The third kappa shape index (κ3) is 5.85. The van der Waals surface area contributed by atoms with Crippen LogP contribution in [0.5, 0.6) is 5.75 Å². The molecular formula is C18H27NO5. The lowest BCUT2D eigenvalue weighted by molar-refractivity contribution is -0.169. The average molecular weight is 337 g/mol. The first-order valence-electron chi connectivity index (χ1n) is 7.77. The van der Waals surface area contributed by atoms with Gasteiger partial charge in [0.05, 0.1) is 0 Å². The first kappa shape index (κ1) is 20.0. The van der Waals surface area contributed by atoms with Crippen molar-refractivity contribution in [2.24, 2.45) is 5.73 Å². The summed E-state index contributed by atoms with van der Waals surface area (Å²) >= 11 is 0. The van der Waals surface area contributed by atoms with Gasteiger partial charge >= 0.3 is 11.9 Å². The van der Waals surface area contributed by atoms with E-state index < -0.39 is 23.1 Å². The third-order valence-corrected chi connectivity index (χ3v) is 2.98. The Bertz CT molecular complexity index is 595. The zero-order valence-electron chi connectivity index (χ0n) is 15.2. The fourth-order valence-corrected chi connectivity index (χ4v) is 1.96. The maximum absolute atomic E-state index is 12.2. The van der Waals surface area contributed by atoms with E-state index in [4.69, 9.17) is 15.2 Å². The highest BCUT2D eigenvalue weighted by Gasteiger charge is 2.45. The highest BCUT2D eigenvalue weighted by atomic mass is 16.6. The fraction of sp³-hybridized carbons (Fsp3) is 0.556. The van der Waals surface area contributed by atoms with Crippen LogP contribution in [0.2, 0.25) is 0 Å². The van der Waals surface area contributed by atoms with Gasteiger partial charge in [0.1, 0.15) is 17.0 Å². The van der Waals surface area contributed by atoms with Crippen molar-refractivity contribution in [2.45, 2.75) is 64.7 Å². The molecule has 3 N–H and O–H groups in total. The van der Waals surface area contributed by atoms with Crippen LogP contribution in [-0.2, 0) is 20.7 Å². The number of carboxylic acids is 1. The fourth-order valence-electron chi connectivity index (χ4n) is 1.96. The zero-order chi connectivity index (χ0) is 18.8. The third-order valence-electron chi connectivity index (χ3n) is 2.98. The molecule has 0 bridgehead atoms. The van der Waals surface area contributed by atoms with Gasteiger partial charge in [-0.15, -0.1) is 0 Å². The molecule has 1 atom stereocenters. The molecule has 24 heavy (non-hydrogen) atoms.